The van der Waals surface area contributed by atoms with Gasteiger partial charge in [0.25, 0.3) is 0 Å². The van der Waals surface area contributed by atoms with Gasteiger partial charge in [-0.1, -0.05) is 6.92 Å². The molecule has 1 N–H and O–H groups in total. The first kappa shape index (κ1) is 13.3. The van der Waals surface area contributed by atoms with Crippen molar-refractivity contribution in [3.05, 3.63) is 23.8 Å². The maximum absolute atomic E-state index is 11.6. The Balaban J connectivity index is 2.82. The number of benzene rings is 1. The van der Waals surface area contributed by atoms with E-state index in [9.17, 15) is 4.79 Å². The molecule has 0 aliphatic rings. The number of urea groups is 1. The molecule has 5 nitrogen and oxygen atoms in total. The Morgan fingerprint density at radius 1 is 1.41 bits per heavy atom. The maximum atomic E-state index is 11.6. The van der Waals surface area contributed by atoms with Crippen molar-refractivity contribution in [2.75, 3.05) is 26.6 Å². The number of aryl methyl sites for hydroxylation is 1. The molecule has 1 rings (SSSR count). The Labute approximate surface area is 101 Å². The highest BCUT2D eigenvalue weighted by Gasteiger charge is 2.09. The second-order valence-electron chi connectivity index (χ2n) is 3.49. The van der Waals surface area contributed by atoms with Crippen LogP contribution in [0.25, 0.3) is 0 Å². The molecule has 0 aromatic heterocycles. The summed E-state index contributed by atoms with van der Waals surface area (Å²) in [6, 6.07) is 5.20. The first-order valence-corrected chi connectivity index (χ1v) is 5.38. The van der Waals surface area contributed by atoms with E-state index in [0.717, 1.165) is 28.5 Å². The number of anilines is 1. The molecule has 0 spiro atoms. The van der Waals surface area contributed by atoms with Crippen LogP contribution in [0.1, 0.15) is 12.5 Å². The molecular weight excluding hydrogens is 220 g/mol. The minimum atomic E-state index is -0.320. The van der Waals surface area contributed by atoms with Crippen molar-refractivity contribution in [3.63, 3.8) is 0 Å². The topological polar surface area (TPSA) is 50.8 Å². The fraction of sp³-hybridized carbons (Fsp3) is 0.417. The molecule has 0 aliphatic heterocycles. The van der Waals surface area contributed by atoms with Gasteiger partial charge < -0.3 is 10.1 Å². The summed E-state index contributed by atoms with van der Waals surface area (Å²) in [5.74, 6) is 0.825. The maximum Gasteiger partial charge on any atom is 0.345 e. The fourth-order valence-electron chi connectivity index (χ4n) is 1.42. The minimum Gasteiger partial charge on any atom is -0.496 e. The smallest absolute Gasteiger partial charge is 0.345 e. The molecule has 0 fully saturated rings. The largest absolute Gasteiger partial charge is 0.496 e. The minimum absolute atomic E-state index is 0.320. The van der Waals surface area contributed by atoms with Gasteiger partial charge in [0.05, 0.1) is 14.2 Å². The molecule has 94 valence electrons. The van der Waals surface area contributed by atoms with Gasteiger partial charge in [0.1, 0.15) is 5.75 Å². The number of hydroxylamine groups is 2. The van der Waals surface area contributed by atoms with Gasteiger partial charge in [-0.25, -0.2) is 9.86 Å². The molecule has 5 heteroatoms. The van der Waals surface area contributed by atoms with Gasteiger partial charge in [-0.3, -0.25) is 4.84 Å². The number of ether oxygens (including phenoxy) is 1. The summed E-state index contributed by atoms with van der Waals surface area (Å²) in [5, 5.41) is 3.85. The zero-order valence-electron chi connectivity index (χ0n) is 10.6. The lowest BCUT2D eigenvalue weighted by Crippen LogP contribution is -2.30. The number of carbonyl (C=O) groups excluding carboxylic acids is 1. The fourth-order valence-corrected chi connectivity index (χ4v) is 1.42. The Kier molecular flexibility index (Phi) is 4.78. The molecule has 0 heterocycles. The van der Waals surface area contributed by atoms with E-state index in [1.807, 2.05) is 19.1 Å². The molecule has 17 heavy (non-hydrogen) atoms. The highest BCUT2D eigenvalue weighted by Crippen LogP contribution is 2.23. The molecule has 0 radical (unpaired) electrons. The van der Waals surface area contributed by atoms with Crippen molar-refractivity contribution in [1.82, 2.24) is 5.06 Å². The monoisotopic (exact) mass is 238 g/mol. The predicted octanol–water partition coefficient (Wildman–Crippen LogP) is 2.28. The number of hydrogen-bond acceptors (Lipinski definition) is 3. The number of hydrogen-bond donors (Lipinski definition) is 1. The van der Waals surface area contributed by atoms with E-state index < -0.39 is 0 Å². The van der Waals surface area contributed by atoms with Gasteiger partial charge in [0, 0.05) is 12.7 Å². The van der Waals surface area contributed by atoms with E-state index in [1.165, 1.54) is 7.11 Å². The number of methoxy groups -OCH3 is 1. The van der Waals surface area contributed by atoms with Gasteiger partial charge in [-0.15, -0.1) is 0 Å². The van der Waals surface area contributed by atoms with Crippen molar-refractivity contribution in [3.8, 4) is 5.75 Å². The van der Waals surface area contributed by atoms with Crippen molar-refractivity contribution >= 4 is 11.7 Å². The van der Waals surface area contributed by atoms with E-state index in [2.05, 4.69) is 5.32 Å². The molecular formula is C12H18N2O3. The molecule has 1 aromatic carbocycles. The highest BCUT2D eigenvalue weighted by atomic mass is 16.7. The van der Waals surface area contributed by atoms with Crippen LogP contribution < -0.4 is 10.1 Å². The third-order valence-corrected chi connectivity index (χ3v) is 2.47. The van der Waals surface area contributed by atoms with Crippen LogP contribution in [0.4, 0.5) is 10.5 Å². The number of carbonyl (C=O) groups is 1. The average Bonchev–Trinajstić information content (AvgIpc) is 2.37. The lowest BCUT2D eigenvalue weighted by molar-refractivity contribution is -0.0598. The van der Waals surface area contributed by atoms with Crippen LogP contribution in [-0.2, 0) is 11.3 Å². The number of rotatable bonds is 4. The molecule has 0 aliphatic carbocycles. The molecule has 0 atom stereocenters. The zero-order valence-corrected chi connectivity index (χ0v) is 10.6. The summed E-state index contributed by atoms with van der Waals surface area (Å²) in [7, 11) is 4.61. The normalized spacial score (nSPS) is 9.88. The second kappa shape index (κ2) is 6.10. The third kappa shape index (κ3) is 3.35. The average molecular weight is 238 g/mol. The summed E-state index contributed by atoms with van der Waals surface area (Å²) in [6.45, 7) is 2.03. The van der Waals surface area contributed by atoms with Gasteiger partial charge >= 0.3 is 6.03 Å². The lowest BCUT2D eigenvalue weighted by Gasteiger charge is -2.15. The van der Waals surface area contributed by atoms with Crippen molar-refractivity contribution in [2.24, 2.45) is 0 Å². The van der Waals surface area contributed by atoms with Crippen molar-refractivity contribution in [1.29, 1.82) is 0 Å². The number of nitrogens with one attached hydrogen (secondary N) is 1. The molecule has 1 aromatic rings. The van der Waals surface area contributed by atoms with Crippen molar-refractivity contribution in [2.45, 2.75) is 13.3 Å². The number of nitrogens with zero attached hydrogens (tertiary/aromatic N) is 1. The van der Waals surface area contributed by atoms with Crippen LogP contribution >= 0.6 is 0 Å². The zero-order chi connectivity index (χ0) is 12.8. The summed E-state index contributed by atoms with van der Waals surface area (Å²) in [6.07, 6.45) is 0.840. The van der Waals surface area contributed by atoms with E-state index in [1.54, 1.807) is 20.2 Å². The van der Waals surface area contributed by atoms with Crippen LogP contribution in [0.15, 0.2) is 18.2 Å². The van der Waals surface area contributed by atoms with E-state index in [0.29, 0.717) is 0 Å². The standard InChI is InChI=1S/C12H18N2O3/c1-5-9-8-10(6-7-11(9)16-3)13-12(15)14(2)17-4/h6-8H,5H2,1-4H3,(H,13,15). The van der Waals surface area contributed by atoms with Crippen LogP contribution in [0.5, 0.6) is 5.75 Å². The summed E-state index contributed by atoms with van der Waals surface area (Å²) < 4.78 is 5.22. The molecule has 0 bridgehead atoms. The van der Waals surface area contributed by atoms with Gasteiger partial charge in [-0.05, 0) is 30.2 Å². The Bertz CT molecular complexity index is 393. The summed E-state index contributed by atoms with van der Waals surface area (Å²) >= 11 is 0. The third-order valence-electron chi connectivity index (χ3n) is 2.47. The first-order chi connectivity index (χ1) is 8.12. The Morgan fingerprint density at radius 3 is 2.65 bits per heavy atom. The predicted molar refractivity (Wildman–Crippen MR) is 66.2 cm³/mol. The van der Waals surface area contributed by atoms with Gasteiger partial charge in [0.2, 0.25) is 0 Å². The molecule has 0 unspecified atom stereocenters. The number of amides is 2. The SMILES string of the molecule is CCc1cc(NC(=O)N(C)OC)ccc1OC. The Morgan fingerprint density at radius 2 is 2.12 bits per heavy atom. The van der Waals surface area contributed by atoms with Crippen LogP contribution in [0, 0.1) is 0 Å². The lowest BCUT2D eigenvalue weighted by atomic mass is 10.1. The van der Waals surface area contributed by atoms with Gasteiger partial charge in [-0.2, -0.15) is 0 Å². The Hall–Kier alpha value is -1.75. The van der Waals surface area contributed by atoms with Crippen LogP contribution in [0.3, 0.4) is 0 Å². The molecule has 0 saturated heterocycles. The van der Waals surface area contributed by atoms with Gasteiger partial charge in [0.15, 0.2) is 0 Å². The quantitative estimate of drug-likeness (QED) is 0.819. The van der Waals surface area contributed by atoms with Crippen LogP contribution in [-0.4, -0.2) is 32.4 Å². The molecule has 2 amide bonds. The highest BCUT2D eigenvalue weighted by molar-refractivity contribution is 5.88. The molecule has 0 saturated carbocycles. The summed E-state index contributed by atoms with van der Waals surface area (Å²) in [5.41, 5.74) is 1.77. The van der Waals surface area contributed by atoms with E-state index >= 15 is 0 Å². The second-order valence-corrected chi connectivity index (χ2v) is 3.49. The van der Waals surface area contributed by atoms with Crippen molar-refractivity contribution < 1.29 is 14.4 Å². The van der Waals surface area contributed by atoms with E-state index in [-0.39, 0.29) is 6.03 Å². The van der Waals surface area contributed by atoms with Crippen LogP contribution in [0.2, 0.25) is 0 Å². The first-order valence-electron chi connectivity index (χ1n) is 5.38. The van der Waals surface area contributed by atoms with E-state index in [4.69, 9.17) is 9.57 Å². The summed E-state index contributed by atoms with van der Waals surface area (Å²) in [4.78, 5) is 16.3.